The monoisotopic (exact) mass is 258 g/mol. The Labute approximate surface area is 107 Å². The highest BCUT2D eigenvalue weighted by molar-refractivity contribution is 5.75. The van der Waals surface area contributed by atoms with E-state index in [1.807, 2.05) is 6.92 Å². The van der Waals surface area contributed by atoms with Crippen LogP contribution in [-0.2, 0) is 9.53 Å². The number of carboxylic acids is 1. The van der Waals surface area contributed by atoms with E-state index in [0.29, 0.717) is 25.6 Å². The van der Waals surface area contributed by atoms with Crippen LogP contribution in [0.5, 0.6) is 0 Å². The summed E-state index contributed by atoms with van der Waals surface area (Å²) in [5.74, 6) is -0.429. The van der Waals surface area contributed by atoms with Crippen molar-refractivity contribution < 1.29 is 19.4 Å². The molecule has 18 heavy (non-hydrogen) atoms. The van der Waals surface area contributed by atoms with Crippen LogP contribution in [0.4, 0.5) is 4.79 Å². The highest BCUT2D eigenvalue weighted by Gasteiger charge is 2.42. The van der Waals surface area contributed by atoms with Gasteiger partial charge in [-0.1, -0.05) is 13.8 Å². The highest BCUT2D eigenvalue weighted by atomic mass is 16.5. The summed E-state index contributed by atoms with van der Waals surface area (Å²) in [6, 6.07) is -0.105. The number of rotatable bonds is 6. The van der Waals surface area contributed by atoms with Gasteiger partial charge in [0, 0.05) is 6.54 Å². The van der Waals surface area contributed by atoms with Crippen molar-refractivity contribution in [3.05, 3.63) is 0 Å². The summed E-state index contributed by atoms with van der Waals surface area (Å²) < 4.78 is 5.23. The lowest BCUT2D eigenvalue weighted by Gasteiger charge is -2.47. The van der Waals surface area contributed by atoms with Crippen molar-refractivity contribution in [1.82, 2.24) is 10.2 Å². The van der Waals surface area contributed by atoms with Crippen LogP contribution in [0.2, 0.25) is 0 Å². The molecule has 1 saturated heterocycles. The Kier molecular flexibility index (Phi) is 4.95. The van der Waals surface area contributed by atoms with Crippen LogP contribution in [-0.4, -0.2) is 53.8 Å². The van der Waals surface area contributed by atoms with Gasteiger partial charge in [0.1, 0.15) is 12.2 Å². The van der Waals surface area contributed by atoms with Gasteiger partial charge in [0.05, 0.1) is 13.1 Å². The zero-order valence-electron chi connectivity index (χ0n) is 11.2. The molecule has 0 aliphatic carbocycles. The van der Waals surface area contributed by atoms with Gasteiger partial charge in [-0.05, 0) is 19.3 Å². The second-order valence-corrected chi connectivity index (χ2v) is 5.40. The predicted octanol–water partition coefficient (Wildman–Crippen LogP) is 0.918. The van der Waals surface area contributed by atoms with E-state index in [0.717, 1.165) is 6.42 Å². The number of aliphatic carboxylic acids is 1. The second kappa shape index (κ2) is 6.04. The minimum atomic E-state index is -0.990. The maximum Gasteiger partial charge on any atom is 0.329 e. The number of amides is 2. The number of hydrogen-bond acceptors (Lipinski definition) is 3. The van der Waals surface area contributed by atoms with Crippen molar-refractivity contribution >= 4 is 12.0 Å². The minimum absolute atomic E-state index is 0.105. The van der Waals surface area contributed by atoms with Crippen molar-refractivity contribution in [2.45, 2.75) is 32.8 Å². The smallest absolute Gasteiger partial charge is 0.329 e. The molecule has 6 heteroatoms. The summed E-state index contributed by atoms with van der Waals surface area (Å²) in [6.07, 6.45) is 0.951. The fraction of sp³-hybridized carbons (Fsp3) is 0.833. The molecule has 0 radical (unpaired) electrons. The molecule has 0 spiro atoms. The van der Waals surface area contributed by atoms with Crippen LogP contribution in [0, 0.1) is 5.92 Å². The van der Waals surface area contributed by atoms with Crippen LogP contribution in [0.1, 0.15) is 27.2 Å². The Balaban J connectivity index is 2.20. The molecule has 0 saturated carbocycles. The number of likely N-dealkylation sites (tertiary alicyclic amines) is 1. The molecule has 0 aromatic carbocycles. The zero-order valence-corrected chi connectivity index (χ0v) is 11.2. The Morgan fingerprint density at radius 1 is 1.44 bits per heavy atom. The highest BCUT2D eigenvalue weighted by Crippen LogP contribution is 2.24. The topological polar surface area (TPSA) is 78.9 Å². The SMILES string of the molecule is CC(C)CCNC(=O)N1CC(C)(OCC(=O)O)C1. The molecular formula is C12H22N2O4. The Bertz CT molecular complexity index is 311. The standard InChI is InChI=1S/C12H22N2O4/c1-9(2)4-5-13-11(17)14-7-12(3,8-14)18-6-10(15)16/h9H,4-8H2,1-3H3,(H,13,17)(H,15,16). The molecule has 0 unspecified atom stereocenters. The molecule has 0 aromatic rings. The molecule has 1 fully saturated rings. The number of carbonyl (C=O) groups excluding carboxylic acids is 1. The third-order valence-corrected chi connectivity index (χ3v) is 2.88. The summed E-state index contributed by atoms with van der Waals surface area (Å²) in [4.78, 5) is 23.7. The van der Waals surface area contributed by atoms with Crippen LogP contribution in [0.25, 0.3) is 0 Å². The molecule has 1 aliphatic rings. The molecule has 104 valence electrons. The van der Waals surface area contributed by atoms with Crippen molar-refractivity contribution in [1.29, 1.82) is 0 Å². The predicted molar refractivity (Wildman–Crippen MR) is 66.4 cm³/mol. The molecular weight excluding hydrogens is 236 g/mol. The normalized spacial score (nSPS) is 17.4. The first-order valence-electron chi connectivity index (χ1n) is 6.21. The van der Waals surface area contributed by atoms with Gasteiger partial charge >= 0.3 is 12.0 Å². The Morgan fingerprint density at radius 2 is 2.06 bits per heavy atom. The molecule has 0 bridgehead atoms. The second-order valence-electron chi connectivity index (χ2n) is 5.40. The molecule has 0 aromatic heterocycles. The van der Waals surface area contributed by atoms with E-state index >= 15 is 0 Å². The van der Waals surface area contributed by atoms with Gasteiger partial charge in [-0.3, -0.25) is 0 Å². The van der Waals surface area contributed by atoms with Gasteiger partial charge < -0.3 is 20.1 Å². The Hall–Kier alpha value is -1.30. The van der Waals surface area contributed by atoms with Crippen molar-refractivity contribution in [3.63, 3.8) is 0 Å². The zero-order chi connectivity index (χ0) is 13.8. The number of urea groups is 1. The van der Waals surface area contributed by atoms with E-state index in [-0.39, 0.29) is 12.6 Å². The van der Waals surface area contributed by atoms with Crippen LogP contribution < -0.4 is 5.32 Å². The molecule has 1 rings (SSSR count). The number of nitrogens with zero attached hydrogens (tertiary/aromatic N) is 1. The fourth-order valence-corrected chi connectivity index (χ4v) is 1.81. The molecule has 0 atom stereocenters. The van der Waals surface area contributed by atoms with Gasteiger partial charge in [0.2, 0.25) is 0 Å². The summed E-state index contributed by atoms with van der Waals surface area (Å²) in [5, 5.41) is 11.4. The van der Waals surface area contributed by atoms with E-state index in [1.165, 1.54) is 0 Å². The lowest BCUT2D eigenvalue weighted by molar-refractivity contribution is -0.159. The van der Waals surface area contributed by atoms with E-state index in [9.17, 15) is 9.59 Å². The molecule has 2 amide bonds. The van der Waals surface area contributed by atoms with Crippen LogP contribution in [0.15, 0.2) is 0 Å². The minimum Gasteiger partial charge on any atom is -0.480 e. The molecule has 1 aliphatic heterocycles. The number of carboxylic acid groups (broad SMARTS) is 1. The van der Waals surface area contributed by atoms with E-state index in [2.05, 4.69) is 19.2 Å². The fourth-order valence-electron chi connectivity index (χ4n) is 1.81. The lowest BCUT2D eigenvalue weighted by atomic mass is 9.97. The van der Waals surface area contributed by atoms with Crippen LogP contribution in [0.3, 0.4) is 0 Å². The van der Waals surface area contributed by atoms with Crippen molar-refractivity contribution in [2.24, 2.45) is 5.92 Å². The largest absolute Gasteiger partial charge is 0.480 e. The maximum atomic E-state index is 11.7. The molecule has 2 N–H and O–H groups in total. The van der Waals surface area contributed by atoms with Gasteiger partial charge in [-0.2, -0.15) is 0 Å². The number of nitrogens with one attached hydrogen (secondary N) is 1. The average Bonchev–Trinajstić information content (AvgIpc) is 2.21. The number of hydrogen-bond donors (Lipinski definition) is 2. The first kappa shape index (κ1) is 14.8. The van der Waals surface area contributed by atoms with E-state index in [1.54, 1.807) is 4.90 Å². The average molecular weight is 258 g/mol. The summed E-state index contributed by atoms with van der Waals surface area (Å²) >= 11 is 0. The molecule has 6 nitrogen and oxygen atoms in total. The van der Waals surface area contributed by atoms with Crippen molar-refractivity contribution in [3.8, 4) is 0 Å². The summed E-state index contributed by atoms with van der Waals surface area (Å²) in [6.45, 7) is 7.24. The van der Waals surface area contributed by atoms with Gasteiger partial charge in [-0.15, -0.1) is 0 Å². The quantitative estimate of drug-likeness (QED) is 0.742. The van der Waals surface area contributed by atoms with Gasteiger partial charge in [-0.25, -0.2) is 9.59 Å². The first-order valence-corrected chi connectivity index (χ1v) is 6.21. The lowest BCUT2D eigenvalue weighted by Crippen LogP contribution is -2.65. The van der Waals surface area contributed by atoms with Gasteiger partial charge in [0.15, 0.2) is 0 Å². The maximum absolute atomic E-state index is 11.7. The first-order chi connectivity index (χ1) is 8.32. The third-order valence-electron chi connectivity index (χ3n) is 2.88. The van der Waals surface area contributed by atoms with E-state index in [4.69, 9.17) is 9.84 Å². The van der Waals surface area contributed by atoms with Crippen LogP contribution >= 0.6 is 0 Å². The Morgan fingerprint density at radius 3 is 2.56 bits per heavy atom. The third kappa shape index (κ3) is 4.52. The van der Waals surface area contributed by atoms with Crippen molar-refractivity contribution in [2.75, 3.05) is 26.2 Å². The summed E-state index contributed by atoms with van der Waals surface area (Å²) in [7, 11) is 0. The number of ether oxygens (including phenoxy) is 1. The summed E-state index contributed by atoms with van der Waals surface area (Å²) in [5.41, 5.74) is -0.520. The van der Waals surface area contributed by atoms with Gasteiger partial charge in [0.25, 0.3) is 0 Å². The van der Waals surface area contributed by atoms with E-state index < -0.39 is 11.6 Å². The number of carbonyl (C=O) groups is 2. The molecule has 1 heterocycles.